The van der Waals surface area contributed by atoms with Gasteiger partial charge in [-0.2, -0.15) is 0 Å². The fraction of sp³-hybridized carbons (Fsp3) is 0. The van der Waals surface area contributed by atoms with Crippen molar-refractivity contribution in [3.8, 4) is 11.5 Å². The lowest BCUT2D eigenvalue weighted by atomic mass is 10.3. The molecule has 0 aromatic heterocycles. The zero-order chi connectivity index (χ0) is 12.1. The molecule has 0 saturated carbocycles. The van der Waals surface area contributed by atoms with Crippen molar-refractivity contribution in [2.75, 3.05) is 0 Å². The van der Waals surface area contributed by atoms with Gasteiger partial charge in [-0.3, -0.25) is 4.89 Å². The smallest absolute Gasteiger partial charge is 0.395 e. The van der Waals surface area contributed by atoms with Crippen LogP contribution in [0.5, 0.6) is 11.5 Å². The number of para-hydroxylation sites is 2. The van der Waals surface area contributed by atoms with Gasteiger partial charge in [0.1, 0.15) is 11.5 Å². The van der Waals surface area contributed by atoms with E-state index < -0.39 is 7.82 Å². The fourth-order valence-electron chi connectivity index (χ4n) is 1.25. The molecule has 6 heteroatoms. The maximum atomic E-state index is 11.7. The van der Waals surface area contributed by atoms with Crippen LogP contribution < -0.4 is 9.05 Å². The van der Waals surface area contributed by atoms with Gasteiger partial charge in [-0.15, -0.1) is 12.4 Å². The van der Waals surface area contributed by atoms with Crippen molar-refractivity contribution in [1.82, 2.24) is 0 Å². The lowest BCUT2D eigenvalue weighted by molar-refractivity contribution is 0.291. The van der Waals surface area contributed by atoms with E-state index in [4.69, 9.17) is 9.05 Å². The van der Waals surface area contributed by atoms with Crippen molar-refractivity contribution in [2.45, 2.75) is 0 Å². The van der Waals surface area contributed by atoms with E-state index in [1.165, 1.54) is 0 Å². The SMILES string of the molecule is Cl.O=P(O)(Oc1ccccc1)Oc1ccccc1. The van der Waals surface area contributed by atoms with E-state index in [-0.39, 0.29) is 23.9 Å². The summed E-state index contributed by atoms with van der Waals surface area (Å²) in [5.74, 6) is 0.573. The van der Waals surface area contributed by atoms with Crippen LogP contribution in [0.25, 0.3) is 0 Å². The molecule has 18 heavy (non-hydrogen) atoms. The molecule has 2 aromatic carbocycles. The molecule has 0 aliphatic carbocycles. The van der Waals surface area contributed by atoms with Crippen LogP contribution in [0.1, 0.15) is 0 Å². The Morgan fingerprint density at radius 3 is 1.44 bits per heavy atom. The fourth-order valence-corrected chi connectivity index (χ4v) is 2.06. The Bertz CT molecular complexity index is 473. The molecule has 0 fully saturated rings. The highest BCUT2D eigenvalue weighted by Crippen LogP contribution is 2.43. The van der Waals surface area contributed by atoms with E-state index in [1.54, 1.807) is 60.7 Å². The maximum Gasteiger partial charge on any atom is 0.584 e. The molecule has 0 bridgehead atoms. The van der Waals surface area contributed by atoms with E-state index in [1.807, 2.05) is 0 Å². The molecule has 0 radical (unpaired) electrons. The Labute approximate surface area is 111 Å². The van der Waals surface area contributed by atoms with Gasteiger partial charge in [0, 0.05) is 0 Å². The molecule has 0 atom stereocenters. The Kier molecular flexibility index (Phi) is 5.23. The van der Waals surface area contributed by atoms with Crippen molar-refractivity contribution < 1.29 is 18.5 Å². The normalized spacial score (nSPS) is 10.3. The van der Waals surface area contributed by atoms with Crippen LogP contribution in [-0.2, 0) is 4.57 Å². The summed E-state index contributed by atoms with van der Waals surface area (Å²) in [6.07, 6.45) is 0. The van der Waals surface area contributed by atoms with Crippen LogP contribution in [0.2, 0.25) is 0 Å². The van der Waals surface area contributed by atoms with Gasteiger partial charge in [-0.1, -0.05) is 36.4 Å². The van der Waals surface area contributed by atoms with E-state index in [0.29, 0.717) is 0 Å². The summed E-state index contributed by atoms with van der Waals surface area (Å²) in [5, 5.41) is 0. The van der Waals surface area contributed by atoms with Gasteiger partial charge < -0.3 is 9.05 Å². The van der Waals surface area contributed by atoms with Crippen LogP contribution in [0.4, 0.5) is 0 Å². The molecule has 0 unspecified atom stereocenters. The van der Waals surface area contributed by atoms with E-state index in [9.17, 15) is 9.46 Å². The van der Waals surface area contributed by atoms with Crippen molar-refractivity contribution in [3.05, 3.63) is 60.7 Å². The quantitative estimate of drug-likeness (QED) is 0.871. The summed E-state index contributed by atoms with van der Waals surface area (Å²) in [6, 6.07) is 16.7. The molecule has 0 aliphatic heterocycles. The van der Waals surface area contributed by atoms with Gasteiger partial charge in [0.15, 0.2) is 0 Å². The first-order chi connectivity index (χ1) is 8.16. The van der Waals surface area contributed by atoms with Gasteiger partial charge in [0.2, 0.25) is 0 Å². The summed E-state index contributed by atoms with van der Waals surface area (Å²) in [5.41, 5.74) is 0. The predicted molar refractivity (Wildman–Crippen MR) is 71.2 cm³/mol. The number of benzene rings is 2. The van der Waals surface area contributed by atoms with Crippen molar-refractivity contribution in [2.24, 2.45) is 0 Å². The van der Waals surface area contributed by atoms with E-state index in [2.05, 4.69) is 0 Å². The van der Waals surface area contributed by atoms with Gasteiger partial charge in [0.05, 0.1) is 0 Å². The minimum Gasteiger partial charge on any atom is -0.395 e. The number of hydrogen-bond acceptors (Lipinski definition) is 3. The topological polar surface area (TPSA) is 55.8 Å². The van der Waals surface area contributed by atoms with Crippen LogP contribution in [0, 0.1) is 0 Å². The molecule has 0 heterocycles. The summed E-state index contributed by atoms with van der Waals surface area (Å²) >= 11 is 0. The van der Waals surface area contributed by atoms with Crippen LogP contribution in [-0.4, -0.2) is 4.89 Å². The highest BCUT2D eigenvalue weighted by Gasteiger charge is 2.24. The van der Waals surface area contributed by atoms with E-state index in [0.717, 1.165) is 0 Å². The third-order valence-electron chi connectivity index (χ3n) is 1.93. The average molecular weight is 287 g/mol. The van der Waals surface area contributed by atoms with Gasteiger partial charge in [0.25, 0.3) is 0 Å². The summed E-state index contributed by atoms with van der Waals surface area (Å²) in [7, 11) is -4.14. The number of phosphoric acid groups is 1. The predicted octanol–water partition coefficient (Wildman–Crippen LogP) is 3.67. The Balaban J connectivity index is 0.00000162. The lowest BCUT2D eigenvalue weighted by Gasteiger charge is -2.13. The molecule has 0 spiro atoms. The zero-order valence-corrected chi connectivity index (χ0v) is 11.0. The average Bonchev–Trinajstić information content (AvgIpc) is 2.30. The Morgan fingerprint density at radius 1 is 0.778 bits per heavy atom. The van der Waals surface area contributed by atoms with Gasteiger partial charge >= 0.3 is 7.82 Å². The second-order valence-electron chi connectivity index (χ2n) is 3.28. The Morgan fingerprint density at radius 2 is 1.11 bits per heavy atom. The third kappa shape index (κ3) is 4.41. The first kappa shape index (κ1) is 14.6. The van der Waals surface area contributed by atoms with Gasteiger partial charge in [-0.25, -0.2) is 4.57 Å². The van der Waals surface area contributed by atoms with Gasteiger partial charge in [-0.05, 0) is 24.3 Å². The number of phosphoric ester groups is 1. The summed E-state index contributed by atoms with van der Waals surface area (Å²) in [6.45, 7) is 0. The molecule has 2 rings (SSSR count). The number of hydrogen-bond donors (Lipinski definition) is 1. The highest BCUT2D eigenvalue weighted by molar-refractivity contribution is 7.48. The molecular formula is C12H12ClO4P. The lowest BCUT2D eigenvalue weighted by Crippen LogP contribution is -1.99. The molecule has 0 amide bonds. The zero-order valence-electron chi connectivity index (χ0n) is 9.30. The largest absolute Gasteiger partial charge is 0.584 e. The van der Waals surface area contributed by atoms with Crippen LogP contribution in [0.15, 0.2) is 60.7 Å². The molecule has 0 saturated heterocycles. The molecule has 1 N–H and O–H groups in total. The maximum absolute atomic E-state index is 11.7. The minimum absolute atomic E-state index is 0. The van der Waals surface area contributed by atoms with Crippen LogP contribution in [0.3, 0.4) is 0 Å². The molecule has 96 valence electrons. The Hall–Kier alpha value is -1.48. The van der Waals surface area contributed by atoms with Crippen molar-refractivity contribution in [1.29, 1.82) is 0 Å². The van der Waals surface area contributed by atoms with E-state index >= 15 is 0 Å². The second kappa shape index (κ2) is 6.45. The molecular weight excluding hydrogens is 275 g/mol. The van der Waals surface area contributed by atoms with Crippen molar-refractivity contribution >= 4 is 20.2 Å². The highest BCUT2D eigenvalue weighted by atomic mass is 35.5. The molecule has 0 aliphatic rings. The first-order valence-electron chi connectivity index (χ1n) is 4.98. The van der Waals surface area contributed by atoms with Crippen LogP contribution >= 0.6 is 20.2 Å². The summed E-state index contributed by atoms with van der Waals surface area (Å²) in [4.78, 5) is 9.53. The first-order valence-corrected chi connectivity index (χ1v) is 6.47. The summed E-state index contributed by atoms with van der Waals surface area (Å²) < 4.78 is 21.5. The third-order valence-corrected chi connectivity index (χ3v) is 2.81. The monoisotopic (exact) mass is 286 g/mol. The van der Waals surface area contributed by atoms with Crippen molar-refractivity contribution in [3.63, 3.8) is 0 Å². The number of halogens is 1. The minimum atomic E-state index is -4.14. The molecule has 2 aromatic rings. The standard InChI is InChI=1S/C12H11O4P.ClH/c13-17(14,15-11-7-3-1-4-8-11)16-12-9-5-2-6-10-12;/h1-10H,(H,13,14);1H. The number of rotatable bonds is 4. The molecule has 4 nitrogen and oxygen atoms in total. The second-order valence-corrected chi connectivity index (χ2v) is 4.58.